The van der Waals surface area contributed by atoms with E-state index in [1.165, 1.54) is 6.07 Å². The summed E-state index contributed by atoms with van der Waals surface area (Å²) in [6, 6.07) is 20.4. The van der Waals surface area contributed by atoms with Gasteiger partial charge in [-0.25, -0.2) is 4.39 Å². The Morgan fingerprint density at radius 3 is 2.42 bits per heavy atom. The molecule has 1 heterocycles. The number of nitrogens with zero attached hydrogens (tertiary/aromatic N) is 1. The van der Waals surface area contributed by atoms with Crippen LogP contribution in [0.15, 0.2) is 72.8 Å². The second-order valence-corrected chi connectivity index (χ2v) is 8.04. The van der Waals surface area contributed by atoms with Crippen molar-refractivity contribution in [1.82, 2.24) is 0 Å². The molecular formula is C26H27FN4O2. The average molecular weight is 447 g/mol. The normalized spacial score (nSPS) is 14.6. The second kappa shape index (κ2) is 10.3. The van der Waals surface area contributed by atoms with E-state index < -0.39 is 6.04 Å². The van der Waals surface area contributed by atoms with Crippen LogP contribution in [0.4, 0.5) is 21.5 Å². The molecule has 1 aliphatic heterocycles. The van der Waals surface area contributed by atoms with Gasteiger partial charge in [-0.15, -0.1) is 0 Å². The third kappa shape index (κ3) is 5.38. The molecule has 0 saturated carbocycles. The molecule has 0 radical (unpaired) electrons. The quantitative estimate of drug-likeness (QED) is 0.495. The van der Waals surface area contributed by atoms with Crippen molar-refractivity contribution >= 4 is 28.9 Å². The maximum atomic E-state index is 13.9. The van der Waals surface area contributed by atoms with Gasteiger partial charge in [-0.1, -0.05) is 30.3 Å². The summed E-state index contributed by atoms with van der Waals surface area (Å²) in [7, 11) is 0. The highest BCUT2D eigenvalue weighted by molar-refractivity contribution is 5.98. The van der Waals surface area contributed by atoms with Crippen LogP contribution in [0, 0.1) is 5.82 Å². The molecule has 33 heavy (non-hydrogen) atoms. The fourth-order valence-corrected chi connectivity index (χ4v) is 3.95. The van der Waals surface area contributed by atoms with Crippen LogP contribution < -0.4 is 21.3 Å². The molecule has 0 aromatic heterocycles. The molecule has 3 aromatic rings. The first-order valence-corrected chi connectivity index (χ1v) is 11.1. The predicted molar refractivity (Wildman–Crippen MR) is 128 cm³/mol. The van der Waals surface area contributed by atoms with Gasteiger partial charge in [0.25, 0.3) is 5.91 Å². The maximum Gasteiger partial charge on any atom is 0.251 e. The van der Waals surface area contributed by atoms with Crippen molar-refractivity contribution in [3.05, 3.63) is 89.7 Å². The summed E-state index contributed by atoms with van der Waals surface area (Å²) in [5.41, 5.74) is 8.81. The van der Waals surface area contributed by atoms with Crippen molar-refractivity contribution in [2.45, 2.75) is 31.8 Å². The van der Waals surface area contributed by atoms with Gasteiger partial charge in [-0.2, -0.15) is 0 Å². The molecular weight excluding hydrogens is 419 g/mol. The Morgan fingerprint density at radius 2 is 1.73 bits per heavy atom. The number of halogens is 1. The van der Waals surface area contributed by atoms with Crippen LogP contribution in [0.5, 0.6) is 0 Å². The number of hydrogen-bond acceptors (Lipinski definition) is 4. The van der Waals surface area contributed by atoms with E-state index in [1.54, 1.807) is 29.2 Å². The summed E-state index contributed by atoms with van der Waals surface area (Å²) in [6.07, 6.45) is 2.49. The molecule has 1 atom stereocenters. The number of piperidine rings is 1. The van der Waals surface area contributed by atoms with Crippen molar-refractivity contribution < 1.29 is 14.0 Å². The number of rotatable bonds is 7. The molecule has 4 N–H and O–H groups in total. The summed E-state index contributed by atoms with van der Waals surface area (Å²) in [4.78, 5) is 27.2. The monoisotopic (exact) mass is 446 g/mol. The highest BCUT2D eigenvalue weighted by Crippen LogP contribution is 2.26. The summed E-state index contributed by atoms with van der Waals surface area (Å²) in [5, 5.41) is 6.14. The lowest BCUT2D eigenvalue weighted by molar-refractivity contribution is -0.119. The van der Waals surface area contributed by atoms with Crippen molar-refractivity contribution in [2.75, 3.05) is 22.1 Å². The summed E-state index contributed by atoms with van der Waals surface area (Å²) < 4.78 is 13.9. The molecule has 4 rings (SSSR count). The lowest BCUT2D eigenvalue weighted by Gasteiger charge is -2.27. The van der Waals surface area contributed by atoms with E-state index in [2.05, 4.69) is 10.6 Å². The van der Waals surface area contributed by atoms with Crippen molar-refractivity contribution in [1.29, 1.82) is 0 Å². The van der Waals surface area contributed by atoms with Gasteiger partial charge in [0.05, 0.1) is 0 Å². The van der Waals surface area contributed by atoms with Crippen LogP contribution in [0.3, 0.4) is 0 Å². The van der Waals surface area contributed by atoms with Gasteiger partial charge in [0.15, 0.2) is 0 Å². The number of hydrogen-bond donors (Lipinski definition) is 3. The Kier molecular flexibility index (Phi) is 7.00. The van der Waals surface area contributed by atoms with Crippen LogP contribution >= 0.6 is 0 Å². The van der Waals surface area contributed by atoms with Gasteiger partial charge >= 0.3 is 0 Å². The van der Waals surface area contributed by atoms with Gasteiger partial charge in [0, 0.05) is 42.1 Å². The van der Waals surface area contributed by atoms with Crippen LogP contribution in [0.25, 0.3) is 0 Å². The zero-order valence-electron chi connectivity index (χ0n) is 18.3. The van der Waals surface area contributed by atoms with Crippen molar-refractivity contribution in [3.63, 3.8) is 0 Å². The largest absolute Gasteiger partial charge is 0.370 e. The first kappa shape index (κ1) is 22.5. The molecule has 1 aliphatic rings. The summed E-state index contributed by atoms with van der Waals surface area (Å²) in [6.45, 7) is 0.780. The molecule has 1 saturated heterocycles. The Labute approximate surface area is 192 Å². The van der Waals surface area contributed by atoms with Gasteiger partial charge < -0.3 is 21.3 Å². The molecule has 0 unspecified atom stereocenters. The zero-order valence-corrected chi connectivity index (χ0v) is 18.3. The van der Waals surface area contributed by atoms with Crippen LogP contribution in [-0.4, -0.2) is 18.4 Å². The molecule has 170 valence electrons. The SMILES string of the molecule is NCc1cc(N[C@@H](C(=O)Nc2ccc(N3CCCCC3=O)cc2)c2ccccc2)ccc1F. The Morgan fingerprint density at radius 1 is 1.00 bits per heavy atom. The van der Waals surface area contributed by atoms with Crippen molar-refractivity contribution in [3.8, 4) is 0 Å². The van der Waals surface area contributed by atoms with E-state index in [1.807, 2.05) is 42.5 Å². The minimum Gasteiger partial charge on any atom is -0.370 e. The molecule has 7 heteroatoms. The van der Waals surface area contributed by atoms with Crippen LogP contribution in [-0.2, 0) is 16.1 Å². The number of carbonyl (C=O) groups excluding carboxylic acids is 2. The first-order valence-electron chi connectivity index (χ1n) is 11.1. The van der Waals surface area contributed by atoms with E-state index >= 15 is 0 Å². The second-order valence-electron chi connectivity index (χ2n) is 8.04. The molecule has 2 amide bonds. The van der Waals surface area contributed by atoms with E-state index in [0.29, 0.717) is 29.9 Å². The van der Waals surface area contributed by atoms with Crippen LogP contribution in [0.2, 0.25) is 0 Å². The van der Waals surface area contributed by atoms with E-state index in [-0.39, 0.29) is 24.2 Å². The van der Waals surface area contributed by atoms with Crippen molar-refractivity contribution in [2.24, 2.45) is 5.73 Å². The topological polar surface area (TPSA) is 87.5 Å². The van der Waals surface area contributed by atoms with Gasteiger partial charge in [-0.05, 0) is 60.9 Å². The number of nitrogens with one attached hydrogen (secondary N) is 2. The fraction of sp³-hybridized carbons (Fsp3) is 0.231. The number of amides is 2. The van der Waals surface area contributed by atoms with Gasteiger partial charge in [0.1, 0.15) is 11.9 Å². The minimum absolute atomic E-state index is 0.0649. The third-order valence-electron chi connectivity index (χ3n) is 5.74. The Bertz CT molecular complexity index is 1120. The Hall–Kier alpha value is -3.71. The first-order chi connectivity index (χ1) is 16.0. The summed E-state index contributed by atoms with van der Waals surface area (Å²) in [5.74, 6) is -0.514. The smallest absolute Gasteiger partial charge is 0.251 e. The highest BCUT2D eigenvalue weighted by atomic mass is 19.1. The zero-order chi connectivity index (χ0) is 23.2. The molecule has 6 nitrogen and oxygen atoms in total. The number of nitrogens with two attached hydrogens (primary N) is 1. The standard InChI is InChI=1S/C26H27FN4O2/c27-23-14-11-21(16-19(23)17-28)29-25(18-6-2-1-3-7-18)26(33)30-20-9-12-22(13-10-20)31-15-5-4-8-24(31)32/h1-3,6-7,9-14,16,25,29H,4-5,8,15,17,28H2,(H,30,33)/t25-/m1/s1. The molecule has 0 bridgehead atoms. The van der Waals surface area contributed by atoms with E-state index in [0.717, 1.165) is 24.1 Å². The van der Waals surface area contributed by atoms with E-state index in [4.69, 9.17) is 5.73 Å². The van der Waals surface area contributed by atoms with E-state index in [9.17, 15) is 14.0 Å². The molecule has 0 spiro atoms. The van der Waals surface area contributed by atoms with Gasteiger partial charge in [0.2, 0.25) is 5.91 Å². The number of carbonyl (C=O) groups is 2. The maximum absolute atomic E-state index is 13.9. The minimum atomic E-state index is -0.703. The lowest BCUT2D eigenvalue weighted by Crippen LogP contribution is -2.35. The molecule has 1 fully saturated rings. The highest BCUT2D eigenvalue weighted by Gasteiger charge is 2.22. The molecule has 3 aromatic carbocycles. The third-order valence-corrected chi connectivity index (χ3v) is 5.74. The van der Waals surface area contributed by atoms with Crippen LogP contribution in [0.1, 0.15) is 36.4 Å². The fourth-order valence-electron chi connectivity index (χ4n) is 3.95. The average Bonchev–Trinajstić information content (AvgIpc) is 2.85. The summed E-state index contributed by atoms with van der Waals surface area (Å²) >= 11 is 0. The van der Waals surface area contributed by atoms with Gasteiger partial charge in [-0.3, -0.25) is 9.59 Å². The molecule has 0 aliphatic carbocycles. The predicted octanol–water partition coefficient (Wildman–Crippen LogP) is 4.59. The number of benzene rings is 3. The lowest BCUT2D eigenvalue weighted by atomic mass is 10.0. The number of anilines is 3. The Balaban J connectivity index is 1.52.